The summed E-state index contributed by atoms with van der Waals surface area (Å²) in [6.45, 7) is 0. The van der Waals surface area contributed by atoms with Gasteiger partial charge in [-0.2, -0.15) is 0 Å². The smallest absolute Gasteiger partial charge is 0.214 e. The van der Waals surface area contributed by atoms with Crippen LogP contribution in [0.4, 0.5) is 15.8 Å². The summed E-state index contributed by atoms with van der Waals surface area (Å²) in [4.78, 5) is 14.2. The number of sulfone groups is 1. The van der Waals surface area contributed by atoms with Gasteiger partial charge in [0.15, 0.2) is 0 Å². The van der Waals surface area contributed by atoms with E-state index in [1.807, 2.05) is 0 Å². The van der Waals surface area contributed by atoms with Crippen molar-refractivity contribution >= 4 is 27.0 Å². The Morgan fingerprint density at radius 2 is 1.69 bits per heavy atom. The van der Waals surface area contributed by atoms with Crippen LogP contribution < -0.4 is 9.64 Å². The number of allylic oxidation sites excluding steroid dienone is 1. The first-order chi connectivity index (χ1) is 13.9. The number of hydrogen-bond acceptors (Lipinski definition) is 5. The number of Topliss-reactive ketones (excluding diaryl/α,β-unsaturated/α-hetero) is 1. The summed E-state index contributed by atoms with van der Waals surface area (Å²) in [7, 11) is -2.55. The summed E-state index contributed by atoms with van der Waals surface area (Å²) < 4.78 is 45.2. The minimum Gasteiger partial charge on any atom is -0.497 e. The number of carbonyl (C=O) groups is 1. The average molecular weight is 409 g/mol. The van der Waals surface area contributed by atoms with E-state index < -0.39 is 21.4 Å². The molecule has 0 unspecified atom stereocenters. The van der Waals surface area contributed by atoms with Crippen molar-refractivity contribution in [1.29, 1.82) is 0 Å². The van der Waals surface area contributed by atoms with Crippen molar-refractivity contribution in [2.75, 3.05) is 12.0 Å². The number of ketones is 1. The number of fused-ring (bicyclic) bond motifs is 1. The molecular formula is C22H16FNO4S. The lowest BCUT2D eigenvalue weighted by Gasteiger charge is -2.28. The number of ether oxygens (including phenoxy) is 1. The van der Waals surface area contributed by atoms with Crippen LogP contribution in [0.25, 0.3) is 0 Å². The quantitative estimate of drug-likeness (QED) is 0.595. The fourth-order valence-corrected chi connectivity index (χ4v) is 4.71. The lowest BCUT2D eigenvalue weighted by Crippen LogP contribution is -2.25. The van der Waals surface area contributed by atoms with Gasteiger partial charge in [0.1, 0.15) is 16.5 Å². The minimum atomic E-state index is -4.05. The third-order valence-corrected chi connectivity index (χ3v) is 6.41. The predicted molar refractivity (Wildman–Crippen MR) is 108 cm³/mol. The molecular weight excluding hydrogens is 393 g/mol. The van der Waals surface area contributed by atoms with Gasteiger partial charge in [-0.1, -0.05) is 18.2 Å². The van der Waals surface area contributed by atoms with E-state index in [0.29, 0.717) is 17.1 Å². The van der Waals surface area contributed by atoms with Gasteiger partial charge in [0.2, 0.25) is 15.6 Å². The molecule has 0 fully saturated rings. The molecule has 0 atom stereocenters. The third-order valence-electron chi connectivity index (χ3n) is 4.61. The maximum atomic E-state index is 13.8. The van der Waals surface area contributed by atoms with E-state index in [1.54, 1.807) is 36.4 Å². The molecule has 0 N–H and O–H groups in total. The number of anilines is 2. The second-order valence-electron chi connectivity index (χ2n) is 6.37. The van der Waals surface area contributed by atoms with Crippen LogP contribution >= 0.6 is 0 Å². The maximum absolute atomic E-state index is 13.8. The van der Waals surface area contributed by atoms with Crippen LogP contribution in [0.15, 0.2) is 88.8 Å². The lowest BCUT2D eigenvalue weighted by molar-refractivity contribution is 0.104. The van der Waals surface area contributed by atoms with E-state index in [0.717, 1.165) is 0 Å². The fourth-order valence-electron chi connectivity index (χ4n) is 3.16. The van der Waals surface area contributed by atoms with Gasteiger partial charge in [0.05, 0.1) is 17.7 Å². The second kappa shape index (κ2) is 7.18. The zero-order chi connectivity index (χ0) is 20.6. The molecule has 1 aliphatic rings. The van der Waals surface area contributed by atoms with Crippen LogP contribution in [-0.4, -0.2) is 21.3 Å². The van der Waals surface area contributed by atoms with E-state index >= 15 is 0 Å². The maximum Gasteiger partial charge on any atom is 0.214 e. The van der Waals surface area contributed by atoms with Gasteiger partial charge in [-0.05, 0) is 54.6 Å². The van der Waals surface area contributed by atoms with Crippen LogP contribution in [-0.2, 0) is 9.84 Å². The van der Waals surface area contributed by atoms with Gasteiger partial charge in [-0.25, -0.2) is 12.8 Å². The molecule has 0 radical (unpaired) electrons. The van der Waals surface area contributed by atoms with Gasteiger partial charge in [-0.15, -0.1) is 0 Å². The van der Waals surface area contributed by atoms with Crippen molar-refractivity contribution < 1.29 is 22.3 Å². The van der Waals surface area contributed by atoms with Crippen LogP contribution in [0.3, 0.4) is 0 Å². The molecule has 0 saturated carbocycles. The first-order valence-electron chi connectivity index (χ1n) is 8.71. The van der Waals surface area contributed by atoms with E-state index in [2.05, 4.69) is 0 Å². The number of carbonyl (C=O) groups excluding carboxylic acids is 1. The van der Waals surface area contributed by atoms with Crippen molar-refractivity contribution in [3.63, 3.8) is 0 Å². The molecule has 0 saturated heterocycles. The topological polar surface area (TPSA) is 63.7 Å². The molecule has 3 aromatic rings. The molecule has 1 aliphatic heterocycles. The molecule has 0 aliphatic carbocycles. The van der Waals surface area contributed by atoms with E-state index in [4.69, 9.17) is 4.74 Å². The molecule has 4 rings (SSSR count). The molecule has 3 aromatic carbocycles. The largest absolute Gasteiger partial charge is 0.497 e. The summed E-state index contributed by atoms with van der Waals surface area (Å²) in [6, 6.07) is 18.2. The Hall–Kier alpha value is -3.45. The monoisotopic (exact) mass is 409 g/mol. The van der Waals surface area contributed by atoms with Crippen LogP contribution in [0.5, 0.6) is 5.75 Å². The summed E-state index contributed by atoms with van der Waals surface area (Å²) in [5.74, 6) is -0.567. The number of methoxy groups -OCH3 is 1. The Bertz CT molecular complexity index is 1230. The van der Waals surface area contributed by atoms with E-state index in [-0.39, 0.29) is 15.4 Å². The van der Waals surface area contributed by atoms with Crippen molar-refractivity contribution in [3.05, 3.63) is 95.3 Å². The summed E-state index contributed by atoms with van der Waals surface area (Å²) in [6.07, 6.45) is 1.25. The van der Waals surface area contributed by atoms with Crippen molar-refractivity contribution in [2.24, 2.45) is 0 Å². The first kappa shape index (κ1) is 18.9. The molecule has 0 amide bonds. The van der Waals surface area contributed by atoms with Gasteiger partial charge < -0.3 is 9.64 Å². The molecule has 0 bridgehead atoms. The molecule has 7 heteroatoms. The fraction of sp³-hybridized carbons (Fsp3) is 0.0455. The number of halogens is 1. The molecule has 1 heterocycles. The Morgan fingerprint density at radius 3 is 2.38 bits per heavy atom. The van der Waals surface area contributed by atoms with Gasteiger partial charge in [-0.3, -0.25) is 4.79 Å². The summed E-state index contributed by atoms with van der Waals surface area (Å²) in [5, 5.41) is 0. The first-order valence-corrected chi connectivity index (χ1v) is 10.2. The highest BCUT2D eigenvalue weighted by Gasteiger charge is 2.36. The molecule has 0 aromatic heterocycles. The molecule has 146 valence electrons. The SMILES string of the molecule is COc1ccc(C(=O)C2=CN(c3cccc(F)c3)c3ccccc3S2(=O)=O)cc1. The van der Waals surface area contributed by atoms with Crippen molar-refractivity contribution in [2.45, 2.75) is 4.90 Å². The van der Waals surface area contributed by atoms with Crippen molar-refractivity contribution in [1.82, 2.24) is 0 Å². The normalized spacial score (nSPS) is 14.7. The van der Waals surface area contributed by atoms with Gasteiger partial charge >= 0.3 is 0 Å². The number of para-hydroxylation sites is 1. The third kappa shape index (κ3) is 3.30. The standard InChI is InChI=1S/C22H16FNO4S/c1-28-18-11-9-15(10-12-18)22(25)21-14-24(17-6-4-5-16(23)13-17)19-7-2-3-8-20(19)29(21,26)27/h2-14H,1H3. The predicted octanol–water partition coefficient (Wildman–Crippen LogP) is 4.48. The number of nitrogens with zero attached hydrogens (tertiary/aromatic N) is 1. The average Bonchev–Trinajstić information content (AvgIpc) is 2.73. The summed E-state index contributed by atoms with van der Waals surface area (Å²) in [5.41, 5.74) is 0.968. The highest BCUT2D eigenvalue weighted by molar-refractivity contribution is 7.96. The minimum absolute atomic E-state index is 0.0105. The Kier molecular flexibility index (Phi) is 4.68. The zero-order valence-corrected chi connectivity index (χ0v) is 16.2. The van der Waals surface area contributed by atoms with Crippen LogP contribution in [0, 0.1) is 5.82 Å². The Labute approximate surface area is 167 Å². The van der Waals surface area contributed by atoms with Crippen molar-refractivity contribution in [3.8, 4) is 5.75 Å². The number of benzene rings is 3. The molecule has 29 heavy (non-hydrogen) atoms. The molecule has 0 spiro atoms. The van der Waals surface area contributed by atoms with Crippen LogP contribution in [0.2, 0.25) is 0 Å². The number of rotatable bonds is 4. The van der Waals surface area contributed by atoms with E-state index in [1.165, 1.54) is 54.6 Å². The van der Waals surface area contributed by atoms with Gasteiger partial charge in [0.25, 0.3) is 0 Å². The Balaban J connectivity index is 1.89. The lowest BCUT2D eigenvalue weighted by atomic mass is 10.1. The number of hydrogen-bond donors (Lipinski definition) is 0. The highest BCUT2D eigenvalue weighted by atomic mass is 32.2. The summed E-state index contributed by atoms with van der Waals surface area (Å²) >= 11 is 0. The highest BCUT2D eigenvalue weighted by Crippen LogP contribution is 2.40. The van der Waals surface area contributed by atoms with Gasteiger partial charge in [0, 0.05) is 17.5 Å². The Morgan fingerprint density at radius 1 is 0.966 bits per heavy atom. The molecule has 5 nitrogen and oxygen atoms in total. The van der Waals surface area contributed by atoms with Crippen LogP contribution in [0.1, 0.15) is 10.4 Å². The zero-order valence-electron chi connectivity index (χ0n) is 15.4. The second-order valence-corrected chi connectivity index (χ2v) is 8.26. The van der Waals surface area contributed by atoms with E-state index in [9.17, 15) is 17.6 Å².